The molecular formula is C17H17F3N4O. The van der Waals surface area contributed by atoms with E-state index in [0.29, 0.717) is 24.3 Å². The van der Waals surface area contributed by atoms with E-state index in [0.717, 1.165) is 25.1 Å². The highest BCUT2D eigenvalue weighted by Crippen LogP contribution is 2.30. The molecule has 0 saturated carbocycles. The highest BCUT2D eigenvalue weighted by Gasteiger charge is 2.31. The predicted molar refractivity (Wildman–Crippen MR) is 87.2 cm³/mol. The van der Waals surface area contributed by atoms with E-state index < -0.39 is 11.7 Å². The van der Waals surface area contributed by atoms with Gasteiger partial charge in [0.15, 0.2) is 5.78 Å². The summed E-state index contributed by atoms with van der Waals surface area (Å²) in [4.78, 5) is 22.6. The molecule has 0 radical (unpaired) electrons. The van der Waals surface area contributed by atoms with Gasteiger partial charge in [-0.3, -0.25) is 4.79 Å². The number of halogens is 3. The van der Waals surface area contributed by atoms with Crippen molar-refractivity contribution in [1.29, 1.82) is 0 Å². The van der Waals surface area contributed by atoms with Crippen LogP contribution in [0.2, 0.25) is 0 Å². The summed E-state index contributed by atoms with van der Waals surface area (Å²) in [6.45, 7) is 1.20. The van der Waals surface area contributed by atoms with Crippen LogP contribution in [0.15, 0.2) is 36.5 Å². The fourth-order valence-electron chi connectivity index (χ4n) is 3.00. The second-order valence-electron chi connectivity index (χ2n) is 6.00. The summed E-state index contributed by atoms with van der Waals surface area (Å²) in [7, 11) is 0. The monoisotopic (exact) mass is 350 g/mol. The molecular weight excluding hydrogens is 333 g/mol. The van der Waals surface area contributed by atoms with Gasteiger partial charge in [-0.25, -0.2) is 4.98 Å². The number of rotatable bonds is 3. The first kappa shape index (κ1) is 17.2. The maximum Gasteiger partial charge on any atom is 0.416 e. The molecule has 0 aliphatic carbocycles. The normalized spacial score (nSPS) is 18.2. The summed E-state index contributed by atoms with van der Waals surface area (Å²) in [6, 6.07) is 6.10. The molecule has 0 bridgehead atoms. The van der Waals surface area contributed by atoms with Crippen molar-refractivity contribution < 1.29 is 18.0 Å². The summed E-state index contributed by atoms with van der Waals surface area (Å²) in [5.74, 6) is 0.369. The smallest absolute Gasteiger partial charge is 0.368 e. The number of ketones is 1. The average Bonchev–Trinajstić information content (AvgIpc) is 2.60. The average molecular weight is 350 g/mol. The minimum Gasteiger partial charge on any atom is -0.368 e. The predicted octanol–water partition coefficient (Wildman–Crippen LogP) is 3.18. The molecule has 2 N–H and O–H groups in total. The molecule has 1 unspecified atom stereocenters. The second kappa shape index (κ2) is 6.70. The zero-order chi connectivity index (χ0) is 18.0. The van der Waals surface area contributed by atoms with Gasteiger partial charge < -0.3 is 10.6 Å². The largest absolute Gasteiger partial charge is 0.416 e. The molecule has 0 spiro atoms. The zero-order valence-corrected chi connectivity index (χ0v) is 13.3. The van der Waals surface area contributed by atoms with Crippen LogP contribution in [-0.4, -0.2) is 28.8 Å². The molecule has 1 aliphatic rings. The number of Topliss-reactive ketones (excluding diaryl/α,β-unsaturated/α-hetero) is 1. The van der Waals surface area contributed by atoms with Gasteiger partial charge in [-0.15, -0.1) is 0 Å². The lowest BCUT2D eigenvalue weighted by atomic mass is 9.89. The van der Waals surface area contributed by atoms with Crippen LogP contribution in [-0.2, 0) is 6.18 Å². The maximum absolute atomic E-state index is 12.6. The number of piperidine rings is 1. The van der Waals surface area contributed by atoms with Gasteiger partial charge in [0.25, 0.3) is 0 Å². The summed E-state index contributed by atoms with van der Waals surface area (Å²) < 4.78 is 37.9. The third-order valence-corrected chi connectivity index (χ3v) is 4.27. The number of nitrogens with two attached hydrogens (primary N) is 1. The van der Waals surface area contributed by atoms with Crippen molar-refractivity contribution in [3.63, 3.8) is 0 Å². The van der Waals surface area contributed by atoms with Gasteiger partial charge in [-0.1, -0.05) is 12.1 Å². The Balaban J connectivity index is 1.74. The van der Waals surface area contributed by atoms with Gasteiger partial charge in [-0.2, -0.15) is 18.2 Å². The Bertz CT molecular complexity index is 761. The molecule has 3 rings (SSSR count). The van der Waals surface area contributed by atoms with Crippen molar-refractivity contribution in [2.24, 2.45) is 5.92 Å². The van der Waals surface area contributed by atoms with E-state index in [2.05, 4.69) is 9.97 Å². The number of anilines is 2. The van der Waals surface area contributed by atoms with Crippen molar-refractivity contribution in [2.45, 2.75) is 19.0 Å². The highest BCUT2D eigenvalue weighted by molar-refractivity contribution is 5.98. The van der Waals surface area contributed by atoms with E-state index in [-0.39, 0.29) is 17.6 Å². The number of carbonyl (C=O) groups excluding carboxylic acids is 1. The van der Waals surface area contributed by atoms with Crippen molar-refractivity contribution in [2.75, 3.05) is 23.7 Å². The van der Waals surface area contributed by atoms with Crippen LogP contribution in [0, 0.1) is 5.92 Å². The van der Waals surface area contributed by atoms with E-state index in [4.69, 9.17) is 5.73 Å². The molecule has 2 heterocycles. The standard InChI is InChI=1S/C17H17F3N4O/c18-17(19,20)13-5-3-11(4-6-13)15(25)12-2-1-9-24(10-12)14-7-8-22-16(21)23-14/h3-8,12H,1-2,9-10H2,(H2,21,22,23). The third kappa shape index (κ3) is 3.89. The summed E-state index contributed by atoms with van der Waals surface area (Å²) >= 11 is 0. The number of hydrogen-bond donors (Lipinski definition) is 1. The number of alkyl halides is 3. The van der Waals surface area contributed by atoms with Crippen LogP contribution < -0.4 is 10.6 Å². The first-order valence-electron chi connectivity index (χ1n) is 7.89. The Morgan fingerprint density at radius 2 is 1.92 bits per heavy atom. The van der Waals surface area contributed by atoms with Crippen LogP contribution in [0.5, 0.6) is 0 Å². The minimum absolute atomic E-state index is 0.152. The molecule has 0 amide bonds. The Hall–Kier alpha value is -2.64. The van der Waals surface area contributed by atoms with Crippen LogP contribution >= 0.6 is 0 Å². The van der Waals surface area contributed by atoms with E-state index in [1.807, 2.05) is 4.90 Å². The molecule has 132 valence electrons. The number of nitrogen functional groups attached to an aromatic ring is 1. The second-order valence-corrected chi connectivity index (χ2v) is 6.00. The summed E-state index contributed by atoms with van der Waals surface area (Å²) in [5, 5.41) is 0. The van der Waals surface area contributed by atoms with E-state index in [1.54, 1.807) is 12.3 Å². The van der Waals surface area contributed by atoms with E-state index in [9.17, 15) is 18.0 Å². The molecule has 1 atom stereocenters. The molecule has 1 fully saturated rings. The number of carbonyl (C=O) groups is 1. The van der Waals surface area contributed by atoms with Crippen LogP contribution in [0.25, 0.3) is 0 Å². The van der Waals surface area contributed by atoms with Crippen molar-refractivity contribution >= 4 is 17.5 Å². The Morgan fingerprint density at radius 3 is 2.56 bits per heavy atom. The van der Waals surface area contributed by atoms with Gasteiger partial charge in [0.1, 0.15) is 5.82 Å². The van der Waals surface area contributed by atoms with Crippen molar-refractivity contribution in [1.82, 2.24) is 9.97 Å². The number of aromatic nitrogens is 2. The first-order chi connectivity index (χ1) is 11.8. The fourth-order valence-corrected chi connectivity index (χ4v) is 3.00. The van der Waals surface area contributed by atoms with Crippen molar-refractivity contribution in [3.8, 4) is 0 Å². The van der Waals surface area contributed by atoms with Crippen LogP contribution in [0.3, 0.4) is 0 Å². The lowest BCUT2D eigenvalue weighted by Crippen LogP contribution is -2.39. The third-order valence-electron chi connectivity index (χ3n) is 4.27. The fraction of sp³-hybridized carbons (Fsp3) is 0.353. The number of benzene rings is 1. The Labute approximate surface area is 142 Å². The number of hydrogen-bond acceptors (Lipinski definition) is 5. The Morgan fingerprint density at radius 1 is 1.20 bits per heavy atom. The first-order valence-corrected chi connectivity index (χ1v) is 7.89. The maximum atomic E-state index is 12.6. The topological polar surface area (TPSA) is 72.1 Å². The van der Waals surface area contributed by atoms with Crippen molar-refractivity contribution in [3.05, 3.63) is 47.7 Å². The lowest BCUT2D eigenvalue weighted by molar-refractivity contribution is -0.137. The van der Waals surface area contributed by atoms with Gasteiger partial charge in [0.2, 0.25) is 5.95 Å². The van der Waals surface area contributed by atoms with Crippen LogP contribution in [0.1, 0.15) is 28.8 Å². The van der Waals surface area contributed by atoms with Gasteiger partial charge in [-0.05, 0) is 31.0 Å². The molecule has 1 aromatic heterocycles. The Kier molecular flexibility index (Phi) is 4.61. The van der Waals surface area contributed by atoms with Gasteiger partial charge >= 0.3 is 6.18 Å². The molecule has 1 aliphatic heterocycles. The molecule has 1 saturated heterocycles. The highest BCUT2D eigenvalue weighted by atomic mass is 19.4. The zero-order valence-electron chi connectivity index (χ0n) is 13.3. The molecule has 5 nitrogen and oxygen atoms in total. The van der Waals surface area contributed by atoms with Gasteiger partial charge in [0, 0.05) is 30.8 Å². The quantitative estimate of drug-likeness (QED) is 0.861. The van der Waals surface area contributed by atoms with E-state index >= 15 is 0 Å². The molecule has 8 heteroatoms. The molecule has 25 heavy (non-hydrogen) atoms. The van der Waals surface area contributed by atoms with E-state index in [1.165, 1.54) is 12.1 Å². The SMILES string of the molecule is Nc1nccc(N2CCCC(C(=O)c3ccc(C(F)(F)F)cc3)C2)n1. The summed E-state index contributed by atoms with van der Waals surface area (Å²) in [6.07, 6.45) is -1.37. The summed E-state index contributed by atoms with van der Waals surface area (Å²) in [5.41, 5.74) is 5.13. The minimum atomic E-state index is -4.41. The molecule has 1 aromatic carbocycles. The molecule has 2 aromatic rings. The van der Waals surface area contributed by atoms with Crippen LogP contribution in [0.4, 0.5) is 24.9 Å². The number of nitrogens with zero attached hydrogens (tertiary/aromatic N) is 3. The van der Waals surface area contributed by atoms with Gasteiger partial charge in [0.05, 0.1) is 5.56 Å². The lowest BCUT2D eigenvalue weighted by Gasteiger charge is -2.32.